The third kappa shape index (κ3) is 6.36. The van der Waals surface area contributed by atoms with Crippen molar-refractivity contribution in [2.75, 3.05) is 49.2 Å². The lowest BCUT2D eigenvalue weighted by molar-refractivity contribution is -0.116. The molecule has 0 aliphatic carbocycles. The maximum Gasteiger partial charge on any atom is 0.223 e. The Morgan fingerprint density at radius 1 is 0.909 bits per heavy atom. The summed E-state index contributed by atoms with van der Waals surface area (Å²) in [6.07, 6.45) is 5.97. The molecule has 0 saturated carbocycles. The van der Waals surface area contributed by atoms with Crippen LogP contribution in [0.15, 0.2) is 42.5 Å². The van der Waals surface area contributed by atoms with Crippen LogP contribution < -0.4 is 9.80 Å². The average Bonchev–Trinajstić information content (AvgIpc) is 2.82. The summed E-state index contributed by atoms with van der Waals surface area (Å²) in [6, 6.07) is 15.4. The molecule has 1 fully saturated rings. The molecule has 33 heavy (non-hydrogen) atoms. The molecule has 4 rings (SSSR count). The number of ether oxygens (including phenoxy) is 1. The minimum atomic E-state index is 0.137. The van der Waals surface area contributed by atoms with Crippen LogP contribution in [0.2, 0.25) is 0 Å². The van der Waals surface area contributed by atoms with E-state index in [1.807, 2.05) is 4.90 Å². The first-order valence-corrected chi connectivity index (χ1v) is 12.6. The van der Waals surface area contributed by atoms with Crippen molar-refractivity contribution in [3.63, 3.8) is 0 Å². The number of nitrogens with zero attached hydrogens (tertiary/aromatic N) is 3. The molecule has 5 nitrogen and oxygen atoms in total. The van der Waals surface area contributed by atoms with E-state index in [9.17, 15) is 4.79 Å². The Hall–Kier alpha value is -2.37. The summed E-state index contributed by atoms with van der Waals surface area (Å²) in [5.74, 6) is 0.137. The first-order chi connectivity index (χ1) is 16.1. The molecule has 2 aliphatic rings. The summed E-state index contributed by atoms with van der Waals surface area (Å²) in [5.41, 5.74) is 6.30. The topological polar surface area (TPSA) is 36.0 Å². The van der Waals surface area contributed by atoms with Crippen molar-refractivity contribution in [2.24, 2.45) is 0 Å². The molecule has 178 valence electrons. The Kier molecular flexibility index (Phi) is 8.40. The van der Waals surface area contributed by atoms with Crippen LogP contribution in [-0.2, 0) is 22.6 Å². The zero-order valence-electron chi connectivity index (χ0n) is 20.4. The van der Waals surface area contributed by atoms with Gasteiger partial charge in [-0.15, -0.1) is 0 Å². The van der Waals surface area contributed by atoms with Crippen LogP contribution in [0.4, 0.5) is 11.4 Å². The maximum absolute atomic E-state index is 12.7. The number of hydrogen-bond donors (Lipinski definition) is 0. The van der Waals surface area contributed by atoms with Crippen LogP contribution in [0.25, 0.3) is 0 Å². The van der Waals surface area contributed by atoms with Crippen molar-refractivity contribution in [3.05, 3.63) is 59.2 Å². The van der Waals surface area contributed by atoms with E-state index in [1.165, 1.54) is 48.1 Å². The largest absolute Gasteiger partial charge is 0.378 e. The summed E-state index contributed by atoms with van der Waals surface area (Å²) in [4.78, 5) is 19.7. The van der Waals surface area contributed by atoms with Crippen molar-refractivity contribution in [3.8, 4) is 0 Å². The van der Waals surface area contributed by atoms with Crippen molar-refractivity contribution in [2.45, 2.75) is 59.0 Å². The smallest absolute Gasteiger partial charge is 0.223 e. The van der Waals surface area contributed by atoms with E-state index in [2.05, 4.69) is 59.2 Å². The second kappa shape index (κ2) is 11.7. The minimum absolute atomic E-state index is 0.137. The number of morpholine rings is 1. The number of hydrogen-bond acceptors (Lipinski definition) is 4. The summed E-state index contributed by atoms with van der Waals surface area (Å²) >= 11 is 0. The first kappa shape index (κ1) is 23.8. The Balaban J connectivity index is 1.68. The summed E-state index contributed by atoms with van der Waals surface area (Å²) in [7, 11) is 0. The van der Waals surface area contributed by atoms with Crippen molar-refractivity contribution < 1.29 is 9.53 Å². The van der Waals surface area contributed by atoms with E-state index in [1.54, 1.807) is 6.92 Å². The van der Waals surface area contributed by atoms with Gasteiger partial charge in [-0.25, -0.2) is 0 Å². The lowest BCUT2D eigenvalue weighted by Gasteiger charge is -2.32. The summed E-state index contributed by atoms with van der Waals surface area (Å²) in [5, 5.41) is 0. The van der Waals surface area contributed by atoms with Gasteiger partial charge in [0, 0.05) is 51.0 Å². The average molecular weight is 450 g/mol. The van der Waals surface area contributed by atoms with Crippen LogP contribution in [0.5, 0.6) is 0 Å². The second-order valence-electron chi connectivity index (χ2n) is 9.49. The first-order valence-electron chi connectivity index (χ1n) is 12.6. The summed E-state index contributed by atoms with van der Waals surface area (Å²) in [6.45, 7) is 11.0. The van der Waals surface area contributed by atoms with Gasteiger partial charge in [-0.2, -0.15) is 0 Å². The zero-order valence-corrected chi connectivity index (χ0v) is 20.4. The number of carbonyl (C=O) groups is 1. The Labute approximate surface area is 199 Å². The molecule has 0 aromatic heterocycles. The fourth-order valence-corrected chi connectivity index (χ4v) is 5.05. The van der Waals surface area contributed by atoms with E-state index in [4.69, 9.17) is 4.74 Å². The molecule has 1 saturated heterocycles. The molecule has 0 unspecified atom stereocenters. The number of anilines is 2. The normalized spacial score (nSPS) is 18.8. The number of aryl methyl sites for hydroxylation is 1. The summed E-state index contributed by atoms with van der Waals surface area (Å²) < 4.78 is 5.57. The monoisotopic (exact) mass is 449 g/mol. The molecule has 0 N–H and O–H groups in total. The molecule has 0 radical (unpaired) electrons. The van der Waals surface area contributed by atoms with Gasteiger partial charge in [0.25, 0.3) is 0 Å². The third-order valence-electron chi connectivity index (χ3n) is 7.02. The van der Waals surface area contributed by atoms with Crippen molar-refractivity contribution >= 4 is 17.3 Å². The highest BCUT2D eigenvalue weighted by atomic mass is 16.5. The molecule has 0 bridgehead atoms. The van der Waals surface area contributed by atoms with Gasteiger partial charge in [0.2, 0.25) is 5.91 Å². The molecule has 2 aromatic rings. The molecule has 2 aromatic carbocycles. The van der Waals surface area contributed by atoms with Crippen LogP contribution in [0.1, 0.15) is 55.7 Å². The van der Waals surface area contributed by atoms with E-state index < -0.39 is 0 Å². The van der Waals surface area contributed by atoms with Gasteiger partial charge < -0.3 is 14.5 Å². The predicted octanol–water partition coefficient (Wildman–Crippen LogP) is 5.15. The highest BCUT2D eigenvalue weighted by Gasteiger charge is 2.21. The Bertz CT molecular complexity index is 923. The maximum atomic E-state index is 12.7. The Morgan fingerprint density at radius 2 is 1.64 bits per heavy atom. The lowest BCUT2D eigenvalue weighted by Crippen LogP contribution is -2.36. The van der Waals surface area contributed by atoms with Gasteiger partial charge in [-0.05, 0) is 61.2 Å². The third-order valence-corrected chi connectivity index (χ3v) is 7.02. The van der Waals surface area contributed by atoms with Crippen LogP contribution in [0, 0.1) is 6.92 Å². The standard InChI is InChI=1S/C28H39N3O2/c1-23-10-6-7-11-25(23)21-29-14-8-4-3-5-9-15-31(24(2)32)28-13-12-27(20-26(28)22-29)30-16-18-33-19-17-30/h6-7,10-13,20H,3-5,8-9,14-19,21-22H2,1-2H3. The van der Waals surface area contributed by atoms with E-state index in [0.29, 0.717) is 0 Å². The Morgan fingerprint density at radius 3 is 2.39 bits per heavy atom. The number of amides is 1. The lowest BCUT2D eigenvalue weighted by atomic mass is 10.0. The van der Waals surface area contributed by atoms with Gasteiger partial charge in [0.1, 0.15) is 0 Å². The molecule has 1 amide bonds. The quantitative estimate of drug-likeness (QED) is 0.649. The number of carbonyl (C=O) groups excluding carboxylic acids is 1. The second-order valence-corrected chi connectivity index (χ2v) is 9.49. The predicted molar refractivity (Wildman–Crippen MR) is 136 cm³/mol. The number of rotatable bonds is 3. The van der Waals surface area contributed by atoms with Gasteiger partial charge >= 0.3 is 0 Å². The van der Waals surface area contributed by atoms with Gasteiger partial charge in [-0.1, -0.05) is 43.5 Å². The van der Waals surface area contributed by atoms with Crippen molar-refractivity contribution in [1.82, 2.24) is 4.90 Å². The fraction of sp³-hybridized carbons (Fsp3) is 0.536. The van der Waals surface area contributed by atoms with Gasteiger partial charge in [0.05, 0.1) is 13.2 Å². The highest BCUT2D eigenvalue weighted by molar-refractivity contribution is 5.92. The SMILES string of the molecule is CC(=O)N1CCCCCCCN(Cc2ccccc2C)Cc2cc(N3CCOCC3)ccc21. The molecule has 5 heteroatoms. The van der Waals surface area contributed by atoms with E-state index in [0.717, 1.165) is 64.6 Å². The molecule has 2 heterocycles. The molecular formula is C28H39N3O2. The van der Waals surface area contributed by atoms with Gasteiger partial charge in [0.15, 0.2) is 0 Å². The molecule has 0 atom stereocenters. The highest BCUT2D eigenvalue weighted by Crippen LogP contribution is 2.30. The van der Waals surface area contributed by atoms with E-state index in [-0.39, 0.29) is 5.91 Å². The van der Waals surface area contributed by atoms with Crippen LogP contribution >= 0.6 is 0 Å². The van der Waals surface area contributed by atoms with Crippen LogP contribution in [0.3, 0.4) is 0 Å². The number of benzene rings is 2. The van der Waals surface area contributed by atoms with Crippen LogP contribution in [-0.4, -0.2) is 50.2 Å². The molecule has 0 spiro atoms. The van der Waals surface area contributed by atoms with E-state index >= 15 is 0 Å². The minimum Gasteiger partial charge on any atom is -0.378 e. The molecular weight excluding hydrogens is 410 g/mol. The van der Waals surface area contributed by atoms with Crippen molar-refractivity contribution in [1.29, 1.82) is 0 Å². The molecule has 2 aliphatic heterocycles. The number of fused-ring (bicyclic) bond motifs is 1. The van der Waals surface area contributed by atoms with Gasteiger partial charge in [-0.3, -0.25) is 9.69 Å². The zero-order chi connectivity index (χ0) is 23.0. The fourth-order valence-electron chi connectivity index (χ4n) is 5.05.